The van der Waals surface area contributed by atoms with E-state index in [1.807, 2.05) is 23.5 Å². The van der Waals surface area contributed by atoms with Crippen LogP contribution in [0, 0.1) is 67.7 Å². The molecule has 2 N–H and O–H groups in total. The second-order valence-electron chi connectivity index (χ2n) is 27.3. The third-order valence-electron chi connectivity index (χ3n) is 17.2. The Balaban J connectivity index is 0.000000227. The maximum Gasteiger partial charge on any atom is 0.413 e. The number of ether oxygens (including phenoxy) is 1. The molecule has 37 heteroatoms. The van der Waals surface area contributed by atoms with Gasteiger partial charge in [-0.15, -0.1) is 0 Å². The smallest absolute Gasteiger partial charge is 0.413 e. The summed E-state index contributed by atoms with van der Waals surface area (Å²) < 4.78 is 279. The summed E-state index contributed by atoms with van der Waals surface area (Å²) in [4.78, 5) is 64.1. The largest absolute Gasteiger partial charge is 0.444 e. The van der Waals surface area contributed by atoms with Crippen LogP contribution in [0.2, 0.25) is 0 Å². The summed E-state index contributed by atoms with van der Waals surface area (Å²) in [6.07, 6.45) is -12.7. The highest BCUT2D eigenvalue weighted by atomic mass is 32.2. The molecule has 580 valence electrons. The van der Waals surface area contributed by atoms with Crippen LogP contribution in [-0.4, -0.2) is 128 Å². The van der Waals surface area contributed by atoms with Gasteiger partial charge in [-0.1, -0.05) is 54.6 Å². The van der Waals surface area contributed by atoms with E-state index in [4.69, 9.17) is 4.74 Å². The number of halogens is 14. The van der Waals surface area contributed by atoms with Crippen molar-refractivity contribution in [3.63, 3.8) is 0 Å². The Morgan fingerprint density at radius 2 is 0.833 bits per heavy atom. The Morgan fingerprint density at radius 3 is 1.16 bits per heavy atom. The van der Waals surface area contributed by atoms with Crippen LogP contribution in [0.25, 0.3) is 0 Å². The van der Waals surface area contributed by atoms with E-state index in [9.17, 15) is 122 Å². The van der Waals surface area contributed by atoms with Gasteiger partial charge >= 0.3 is 29.9 Å². The van der Waals surface area contributed by atoms with Gasteiger partial charge in [-0.05, 0) is 149 Å². The second-order valence-corrected chi connectivity index (χ2v) is 33.6. The van der Waals surface area contributed by atoms with Crippen LogP contribution >= 0.6 is 0 Å². The summed E-state index contributed by atoms with van der Waals surface area (Å²) in [5, 5.41) is 27.4. The summed E-state index contributed by atoms with van der Waals surface area (Å²) in [5.41, 5.74) is -7.04. The first-order chi connectivity index (χ1) is 50.1. The highest BCUT2D eigenvalue weighted by molar-refractivity contribution is 7.92. The van der Waals surface area contributed by atoms with Gasteiger partial charge < -0.3 is 4.74 Å². The fourth-order valence-corrected chi connectivity index (χ4v) is 15.5. The van der Waals surface area contributed by atoms with E-state index in [1.54, 1.807) is 18.2 Å². The number of amides is 1. The average Bonchev–Trinajstić information content (AvgIpc) is 1.38. The Labute approximate surface area is 611 Å². The van der Waals surface area contributed by atoms with Crippen molar-refractivity contribution in [3.05, 3.63) is 197 Å². The molecule has 3 saturated carbocycles. The van der Waals surface area contributed by atoms with Crippen molar-refractivity contribution >= 4 is 53.0 Å². The quantitative estimate of drug-likeness (QED) is 0.0396. The van der Waals surface area contributed by atoms with Crippen molar-refractivity contribution in [2.24, 2.45) is 16.2 Å². The molecule has 0 unspecified atom stereocenters. The fourth-order valence-electron chi connectivity index (χ4n) is 11.0. The zero-order valence-electron chi connectivity index (χ0n) is 57.4. The van der Waals surface area contributed by atoms with Crippen molar-refractivity contribution in [3.8, 4) is 18.2 Å². The molecule has 3 aromatic heterocycles. The summed E-state index contributed by atoms with van der Waals surface area (Å²) in [7, 11) is -14.0. The summed E-state index contributed by atoms with van der Waals surface area (Å²) in [6, 6.07) is 13.5. The molecular formula is C71H69F14N9O11S3. The maximum absolute atomic E-state index is 14.8. The predicted octanol–water partition coefficient (Wildman–Crippen LogP) is 13.2. The molecule has 0 bridgehead atoms. The highest BCUT2D eigenvalue weighted by Crippen LogP contribution is 2.51. The molecule has 0 spiro atoms. The minimum Gasteiger partial charge on any atom is -0.444 e. The molecule has 6 aromatic rings. The Kier molecular flexibility index (Phi) is 27.1. The molecule has 3 heterocycles. The summed E-state index contributed by atoms with van der Waals surface area (Å²) in [5.74, 6) is -10.4. The van der Waals surface area contributed by atoms with Gasteiger partial charge in [-0.3, -0.25) is 44.9 Å². The number of benzene rings is 3. The second kappa shape index (κ2) is 34.1. The molecule has 3 aliphatic carbocycles. The fraction of sp³-hybridized carbons (Fsp3) is 0.437. The average molecular weight is 1590 g/mol. The van der Waals surface area contributed by atoms with Gasteiger partial charge in [0.2, 0.25) is 9.84 Å². The molecule has 108 heavy (non-hydrogen) atoms. The van der Waals surface area contributed by atoms with E-state index in [2.05, 4.69) is 20.3 Å². The number of Topliss-reactive ketones (excluding diaryl/α,β-unsaturated/α-hetero) is 3. The normalized spacial score (nSPS) is 16.9. The summed E-state index contributed by atoms with van der Waals surface area (Å²) in [6.45, 7) is 4.19. The van der Waals surface area contributed by atoms with Gasteiger partial charge in [-0.2, -0.15) is 64.1 Å². The minimum absolute atomic E-state index is 0.0737. The Hall–Kier alpha value is -9.35. The van der Waals surface area contributed by atoms with Crippen LogP contribution < -0.4 is 10.6 Å². The van der Waals surface area contributed by atoms with Crippen molar-refractivity contribution in [2.75, 3.05) is 17.3 Å². The van der Waals surface area contributed by atoms with Crippen molar-refractivity contribution in [1.82, 2.24) is 30.5 Å². The molecule has 3 aliphatic rings. The first-order valence-electron chi connectivity index (χ1n) is 32.6. The van der Waals surface area contributed by atoms with Gasteiger partial charge in [0.15, 0.2) is 43.1 Å². The van der Waals surface area contributed by atoms with Gasteiger partial charge in [-0.25, -0.2) is 43.2 Å². The minimum atomic E-state index is -5.57. The Bertz CT molecular complexity index is 4630. The number of pyridine rings is 3. The topological polar surface area (TPSA) is 317 Å². The number of hydrogen-bond donors (Lipinski definition) is 2. The SMILES string of the molecule is CC(C)(C)OC(=O)N([C@@H](c1ccc(F)cc1)C(F)(F)F)[C@@H](CS(=O)(=O)Cc1ccccn1)C(=O)CC1(C#N)CC1.N#CC1(CC(=O)[C@H](CS(=O)(=O)C(F)(F)c2ccccn2)N[C@@H](c2ccc(F)cc2)C(F)(F)F)CC1.N#CC1(CC(=O)[C@H](CS(=O)(=O)Cc2ccccn2)N[C@@H](c2ccc(F)cc2)C(F)(F)F)CC1. The predicted molar refractivity (Wildman–Crippen MR) is 357 cm³/mol. The standard InChI is InChI=1S/C27H29F4N3O5S.C22H19F6N3O3S.C22H21F4N3O3S/c1-25(2,3)39-24(36)34(23(27(29,30)31)18-7-9-19(28)10-8-18)21(22(35)14-26(17-32)11-12-26)16-40(37,38)15-20-6-4-5-13-33-20;23-15-6-4-14(5-7-15)19(21(24,25)26)31-16(17(32)11-20(13-29)8-9-20)12-35(33,34)22(27,28)18-3-1-2-10-30-18;23-16-6-4-15(5-7-16)20(22(24,25)26)29-18(19(30)11-21(14-27)8-9-21)13-33(31,32)12-17-3-1-2-10-28-17/h4-10,13,21,23H,11-12,14-16H2,1-3H3;1-7,10,16,19,31H,8-9,11-12H2;1-7,10,18,20,29H,8-9,11-13H2/t21-,23-;16-,19-;18-,20-/m000/s1. The molecule has 3 aromatic carbocycles. The highest BCUT2D eigenvalue weighted by Gasteiger charge is 2.57. The van der Waals surface area contributed by atoms with Gasteiger partial charge in [0.25, 0.3) is 0 Å². The molecule has 6 atom stereocenters. The zero-order chi connectivity index (χ0) is 80.3. The third-order valence-corrected chi connectivity index (χ3v) is 22.1. The third kappa shape index (κ3) is 24.3. The van der Waals surface area contributed by atoms with Crippen LogP contribution in [0.4, 0.5) is 66.3 Å². The monoisotopic (exact) mass is 1590 g/mol. The van der Waals surface area contributed by atoms with Crippen LogP contribution in [0.3, 0.4) is 0 Å². The van der Waals surface area contributed by atoms with E-state index >= 15 is 0 Å². The first-order valence-corrected chi connectivity index (χ1v) is 37.9. The number of rotatable bonds is 30. The lowest BCUT2D eigenvalue weighted by Crippen LogP contribution is -2.55. The van der Waals surface area contributed by atoms with Crippen molar-refractivity contribution < 1.29 is 111 Å². The molecule has 0 aliphatic heterocycles. The van der Waals surface area contributed by atoms with Crippen LogP contribution in [0.1, 0.15) is 130 Å². The van der Waals surface area contributed by atoms with E-state index in [1.165, 1.54) is 57.4 Å². The van der Waals surface area contributed by atoms with Crippen LogP contribution in [0.15, 0.2) is 146 Å². The van der Waals surface area contributed by atoms with E-state index in [0.29, 0.717) is 25.7 Å². The zero-order valence-corrected chi connectivity index (χ0v) is 59.8. The molecule has 1 amide bonds. The number of alkyl halides is 11. The van der Waals surface area contributed by atoms with Gasteiger partial charge in [0, 0.05) is 37.9 Å². The number of aromatic nitrogens is 3. The number of hydrogen-bond acceptors (Lipinski definition) is 19. The molecule has 0 saturated heterocycles. The van der Waals surface area contributed by atoms with Crippen LogP contribution in [-0.2, 0) is 65.4 Å². The number of carbonyl (C=O) groups is 4. The molecule has 0 radical (unpaired) electrons. The lowest BCUT2D eigenvalue weighted by Gasteiger charge is -2.39. The number of sulfone groups is 3. The first kappa shape index (κ1) is 85.9. The number of carbonyl (C=O) groups excluding carboxylic acids is 4. The van der Waals surface area contributed by atoms with E-state index in [0.717, 1.165) is 91.1 Å². The molecular weight excluding hydrogens is 1520 g/mol. The maximum atomic E-state index is 14.8. The lowest BCUT2D eigenvalue weighted by atomic mass is 9.95. The molecule has 9 rings (SSSR count). The number of nitriles is 3. The number of ketones is 3. The van der Waals surface area contributed by atoms with Gasteiger partial charge in [0.05, 0.1) is 86.7 Å². The van der Waals surface area contributed by atoms with E-state index in [-0.39, 0.29) is 41.1 Å². The van der Waals surface area contributed by atoms with Crippen molar-refractivity contribution in [2.45, 2.75) is 156 Å². The van der Waals surface area contributed by atoms with Crippen molar-refractivity contribution in [1.29, 1.82) is 15.8 Å². The number of nitrogens with zero attached hydrogens (tertiary/aromatic N) is 7. The van der Waals surface area contributed by atoms with Crippen LogP contribution in [0.5, 0.6) is 0 Å². The molecule has 3 fully saturated rings. The lowest BCUT2D eigenvalue weighted by molar-refractivity contribution is -0.188. The number of nitrogens with one attached hydrogen (secondary N) is 2. The van der Waals surface area contributed by atoms with E-state index < -0.39 is 211 Å². The molecule has 20 nitrogen and oxygen atoms in total. The van der Waals surface area contributed by atoms with Gasteiger partial charge in [0.1, 0.15) is 46.9 Å². The Morgan fingerprint density at radius 1 is 0.481 bits per heavy atom. The summed E-state index contributed by atoms with van der Waals surface area (Å²) >= 11 is 0.